The summed E-state index contributed by atoms with van der Waals surface area (Å²) in [6.45, 7) is 5.22. The monoisotopic (exact) mass is 481 g/mol. The quantitative estimate of drug-likeness (QED) is 0.305. The van der Waals surface area contributed by atoms with Gasteiger partial charge in [-0.2, -0.15) is 0 Å². The van der Waals surface area contributed by atoms with Crippen molar-refractivity contribution in [1.82, 2.24) is 20.2 Å². The summed E-state index contributed by atoms with van der Waals surface area (Å²) in [7, 11) is 0. The fraction of sp³-hybridized carbons (Fsp3) is 0.263. The highest BCUT2D eigenvalue weighted by Gasteiger charge is 2.04. The Balaban J connectivity index is 0.00000243. The lowest BCUT2D eigenvalue weighted by Crippen LogP contribution is -2.38. The molecule has 0 amide bonds. The lowest BCUT2D eigenvalue weighted by atomic mass is 10.2. The molecular formula is C19H24IN5S. The summed E-state index contributed by atoms with van der Waals surface area (Å²) < 4.78 is 2.14. The molecule has 5 nitrogen and oxygen atoms in total. The van der Waals surface area contributed by atoms with Crippen LogP contribution in [0.2, 0.25) is 0 Å². The highest BCUT2D eigenvalue weighted by molar-refractivity contribution is 14.0. The first-order chi connectivity index (χ1) is 12.3. The molecule has 138 valence electrons. The number of aliphatic imine (C=N–C) groups is 1. The summed E-state index contributed by atoms with van der Waals surface area (Å²) in [5, 5.41) is 9.75. The van der Waals surface area contributed by atoms with Crippen LogP contribution in [0.5, 0.6) is 0 Å². The largest absolute Gasteiger partial charge is 0.357 e. The number of hydrogen-bond acceptors (Lipinski definition) is 3. The Kier molecular flexibility index (Phi) is 8.63. The van der Waals surface area contributed by atoms with E-state index in [9.17, 15) is 0 Å². The van der Waals surface area contributed by atoms with Gasteiger partial charge in [0, 0.05) is 43.0 Å². The first-order valence-corrected chi connectivity index (χ1v) is 9.36. The second-order valence-corrected chi connectivity index (χ2v) is 6.48. The molecule has 0 unspecified atom stereocenters. The molecule has 0 saturated carbocycles. The van der Waals surface area contributed by atoms with E-state index in [4.69, 9.17) is 0 Å². The van der Waals surface area contributed by atoms with Crippen LogP contribution in [-0.4, -0.2) is 28.6 Å². The van der Waals surface area contributed by atoms with Crippen molar-refractivity contribution in [3.8, 4) is 11.3 Å². The lowest BCUT2D eigenvalue weighted by molar-refractivity contribution is 0.665. The van der Waals surface area contributed by atoms with Gasteiger partial charge in [0.05, 0.1) is 12.2 Å². The van der Waals surface area contributed by atoms with Crippen molar-refractivity contribution < 1.29 is 0 Å². The fourth-order valence-corrected chi connectivity index (χ4v) is 3.16. The third kappa shape index (κ3) is 6.14. The average Bonchev–Trinajstić information content (AvgIpc) is 3.32. The van der Waals surface area contributed by atoms with Crippen LogP contribution < -0.4 is 10.6 Å². The lowest BCUT2D eigenvalue weighted by Gasteiger charge is -2.11. The van der Waals surface area contributed by atoms with E-state index in [0.717, 1.165) is 41.9 Å². The molecule has 0 aliphatic rings. The topological polar surface area (TPSA) is 54.2 Å². The van der Waals surface area contributed by atoms with Crippen LogP contribution in [0.3, 0.4) is 0 Å². The molecule has 0 spiro atoms. The number of halogens is 1. The smallest absolute Gasteiger partial charge is 0.191 e. The van der Waals surface area contributed by atoms with Crippen molar-refractivity contribution in [2.24, 2.45) is 4.99 Å². The Morgan fingerprint density at radius 1 is 1.12 bits per heavy atom. The van der Waals surface area contributed by atoms with E-state index < -0.39 is 0 Å². The maximum Gasteiger partial charge on any atom is 0.191 e. The number of nitrogens with zero attached hydrogens (tertiary/aromatic N) is 3. The zero-order chi connectivity index (χ0) is 17.3. The van der Waals surface area contributed by atoms with Gasteiger partial charge in [0.15, 0.2) is 5.96 Å². The Hall–Kier alpha value is -1.87. The van der Waals surface area contributed by atoms with Crippen LogP contribution in [0.25, 0.3) is 11.3 Å². The molecule has 2 heterocycles. The molecule has 0 fully saturated rings. The van der Waals surface area contributed by atoms with Crippen LogP contribution in [0.15, 0.2) is 65.2 Å². The minimum atomic E-state index is 0. The molecule has 0 radical (unpaired) electrons. The van der Waals surface area contributed by atoms with Gasteiger partial charge in [-0.05, 0) is 19.1 Å². The number of aromatic nitrogens is 2. The Morgan fingerprint density at radius 2 is 1.88 bits per heavy atom. The highest BCUT2D eigenvalue weighted by Crippen LogP contribution is 2.21. The second kappa shape index (κ2) is 11.0. The van der Waals surface area contributed by atoms with Crippen molar-refractivity contribution >= 4 is 41.3 Å². The molecule has 0 saturated heterocycles. The number of rotatable bonds is 7. The maximum absolute atomic E-state index is 4.69. The Bertz CT molecular complexity index is 783. The van der Waals surface area contributed by atoms with E-state index >= 15 is 0 Å². The van der Waals surface area contributed by atoms with Gasteiger partial charge in [-0.25, -0.2) is 9.98 Å². The summed E-state index contributed by atoms with van der Waals surface area (Å²) in [6, 6.07) is 14.3. The molecule has 3 aromatic rings. The van der Waals surface area contributed by atoms with Gasteiger partial charge < -0.3 is 15.2 Å². The van der Waals surface area contributed by atoms with Crippen LogP contribution in [-0.2, 0) is 13.1 Å². The molecule has 26 heavy (non-hydrogen) atoms. The van der Waals surface area contributed by atoms with Crippen LogP contribution in [0, 0.1) is 0 Å². The summed E-state index contributed by atoms with van der Waals surface area (Å²) in [5.74, 6) is 0.825. The second-order valence-electron chi connectivity index (χ2n) is 5.54. The van der Waals surface area contributed by atoms with Crippen molar-refractivity contribution in [2.45, 2.75) is 20.0 Å². The number of hydrogen-bond donors (Lipinski definition) is 2. The van der Waals surface area contributed by atoms with Crippen LogP contribution in [0.1, 0.15) is 11.9 Å². The third-order valence-corrected chi connectivity index (χ3v) is 4.50. The van der Waals surface area contributed by atoms with Gasteiger partial charge >= 0.3 is 0 Å². The molecule has 2 aromatic heterocycles. The van der Waals surface area contributed by atoms with E-state index in [0.29, 0.717) is 6.54 Å². The van der Waals surface area contributed by atoms with E-state index in [1.807, 2.05) is 30.3 Å². The predicted octanol–water partition coefficient (Wildman–Crippen LogP) is 3.98. The minimum Gasteiger partial charge on any atom is -0.357 e. The standard InChI is InChI=1S/C19H23N5S.HI/c1-2-20-19(21-10-13-24-11-6-7-12-24)22-14-18-23-17(15-25-18)16-8-4-3-5-9-16;/h3-9,11-12,15H,2,10,13-14H2,1H3,(H2,20,21,22);1H. The number of nitrogens with one attached hydrogen (secondary N) is 2. The van der Waals surface area contributed by atoms with Crippen molar-refractivity contribution in [3.63, 3.8) is 0 Å². The summed E-state index contributed by atoms with van der Waals surface area (Å²) in [5.41, 5.74) is 2.16. The normalized spacial score (nSPS) is 11.0. The van der Waals surface area contributed by atoms with Gasteiger partial charge in [-0.3, -0.25) is 0 Å². The van der Waals surface area contributed by atoms with Gasteiger partial charge in [0.1, 0.15) is 5.01 Å². The summed E-state index contributed by atoms with van der Waals surface area (Å²) in [4.78, 5) is 9.33. The van der Waals surface area contributed by atoms with Crippen LogP contribution >= 0.6 is 35.3 Å². The van der Waals surface area contributed by atoms with Crippen molar-refractivity contribution in [1.29, 1.82) is 0 Å². The fourth-order valence-electron chi connectivity index (χ4n) is 2.44. The zero-order valence-electron chi connectivity index (χ0n) is 14.8. The van der Waals surface area contributed by atoms with Gasteiger partial charge in [-0.15, -0.1) is 35.3 Å². The Labute approximate surface area is 175 Å². The molecule has 7 heteroatoms. The van der Waals surface area contributed by atoms with E-state index in [2.05, 4.69) is 62.0 Å². The first kappa shape index (κ1) is 20.4. The van der Waals surface area contributed by atoms with Gasteiger partial charge in [0.25, 0.3) is 0 Å². The van der Waals surface area contributed by atoms with E-state index in [1.165, 1.54) is 0 Å². The molecular weight excluding hydrogens is 457 g/mol. The third-order valence-electron chi connectivity index (χ3n) is 3.67. The zero-order valence-corrected chi connectivity index (χ0v) is 17.9. The highest BCUT2D eigenvalue weighted by atomic mass is 127. The number of benzene rings is 1. The van der Waals surface area contributed by atoms with Crippen molar-refractivity contribution in [2.75, 3.05) is 13.1 Å². The van der Waals surface area contributed by atoms with Crippen molar-refractivity contribution in [3.05, 3.63) is 65.2 Å². The van der Waals surface area contributed by atoms with Crippen LogP contribution in [0.4, 0.5) is 0 Å². The SMILES string of the molecule is CCNC(=NCc1nc(-c2ccccc2)cs1)NCCn1cccc1.I. The molecule has 0 aliphatic heterocycles. The van der Waals surface area contributed by atoms with Gasteiger partial charge in [-0.1, -0.05) is 30.3 Å². The maximum atomic E-state index is 4.69. The molecule has 0 atom stereocenters. The van der Waals surface area contributed by atoms with E-state index in [1.54, 1.807) is 11.3 Å². The number of thiazole rings is 1. The molecule has 1 aromatic carbocycles. The first-order valence-electron chi connectivity index (χ1n) is 8.48. The average molecular weight is 481 g/mol. The summed E-state index contributed by atoms with van der Waals surface area (Å²) >= 11 is 1.65. The predicted molar refractivity (Wildman–Crippen MR) is 120 cm³/mol. The van der Waals surface area contributed by atoms with E-state index in [-0.39, 0.29) is 24.0 Å². The Morgan fingerprint density at radius 3 is 2.62 bits per heavy atom. The molecule has 0 bridgehead atoms. The minimum absolute atomic E-state index is 0. The summed E-state index contributed by atoms with van der Waals surface area (Å²) in [6.07, 6.45) is 4.12. The molecule has 0 aliphatic carbocycles. The molecule has 2 N–H and O–H groups in total. The molecule has 3 rings (SSSR count). The van der Waals surface area contributed by atoms with Gasteiger partial charge in [0.2, 0.25) is 0 Å². The number of guanidine groups is 1.